The van der Waals surface area contributed by atoms with Crippen molar-refractivity contribution in [2.45, 2.75) is 25.2 Å². The number of carbonyl (C=O) groups excluding carboxylic acids is 1. The van der Waals surface area contributed by atoms with Crippen LogP contribution in [-0.4, -0.2) is 43.0 Å². The largest absolute Gasteiger partial charge is 0.662 e. The molecule has 6 nitrogen and oxygen atoms in total. The van der Waals surface area contributed by atoms with Gasteiger partial charge < -0.3 is 25.4 Å². The van der Waals surface area contributed by atoms with E-state index in [2.05, 4.69) is 15.5 Å². The van der Waals surface area contributed by atoms with Crippen LogP contribution in [0.15, 0.2) is 71.9 Å². The topological polar surface area (TPSA) is 75.9 Å². The van der Waals surface area contributed by atoms with Crippen molar-refractivity contribution in [3.05, 3.63) is 88.4 Å². The van der Waals surface area contributed by atoms with Crippen LogP contribution in [0.5, 0.6) is 0 Å². The second kappa shape index (κ2) is 10.0. The third-order valence-corrected chi connectivity index (χ3v) is 5.67. The fourth-order valence-corrected chi connectivity index (χ4v) is 4.02. The number of para-hydroxylation sites is 1. The third kappa shape index (κ3) is 5.28. The minimum Gasteiger partial charge on any atom is -0.662 e. The molecule has 2 aromatic carbocycles. The van der Waals surface area contributed by atoms with Gasteiger partial charge in [-0.05, 0) is 54.8 Å². The molecule has 1 saturated heterocycles. The Labute approximate surface area is 187 Å². The normalized spacial score (nSPS) is 20.3. The zero-order valence-corrected chi connectivity index (χ0v) is 17.8. The molecule has 2 atom stereocenters. The predicted molar refractivity (Wildman–Crippen MR) is 124 cm³/mol. The molecule has 0 saturated carbocycles. The molecule has 1 unspecified atom stereocenters. The van der Waals surface area contributed by atoms with Gasteiger partial charge in [0.25, 0.3) is 5.91 Å². The number of aliphatic hydroxyl groups excluding tert-OH is 1. The number of amides is 1. The number of nitrogens with zero attached hydrogens (tertiary/aromatic N) is 2. The van der Waals surface area contributed by atoms with E-state index in [1.807, 2.05) is 48.5 Å². The summed E-state index contributed by atoms with van der Waals surface area (Å²) < 4.78 is 6.07. The van der Waals surface area contributed by atoms with E-state index in [4.69, 9.17) is 16.3 Å². The highest BCUT2D eigenvalue weighted by molar-refractivity contribution is 6.30. The van der Waals surface area contributed by atoms with Crippen molar-refractivity contribution in [2.24, 2.45) is 0 Å². The molecule has 0 radical (unpaired) electrons. The van der Waals surface area contributed by atoms with Gasteiger partial charge in [0, 0.05) is 47.9 Å². The molecule has 162 valence electrons. The number of halogens is 1. The van der Waals surface area contributed by atoms with Gasteiger partial charge in [-0.1, -0.05) is 35.9 Å². The molecule has 2 heterocycles. The molecule has 1 fully saturated rings. The first-order chi connectivity index (χ1) is 15.1. The van der Waals surface area contributed by atoms with Crippen molar-refractivity contribution < 1.29 is 14.6 Å². The highest BCUT2D eigenvalue weighted by Gasteiger charge is 2.26. The number of hydrogen-bond acceptors (Lipinski definition) is 4. The molecule has 0 bridgehead atoms. The second-order valence-electron chi connectivity index (χ2n) is 7.52. The maximum Gasteiger partial charge on any atom is 0.255 e. The summed E-state index contributed by atoms with van der Waals surface area (Å²) in [6.07, 6.45) is 6.17. The molecular weight excluding hydrogens is 414 g/mol. The summed E-state index contributed by atoms with van der Waals surface area (Å²) in [6, 6.07) is 15.0. The summed E-state index contributed by atoms with van der Waals surface area (Å²) >= 11 is 6.20. The average molecular weight is 439 g/mol. The van der Waals surface area contributed by atoms with Gasteiger partial charge in [0.1, 0.15) is 0 Å². The lowest BCUT2D eigenvalue weighted by Gasteiger charge is -2.34. The monoisotopic (exact) mass is 438 g/mol. The summed E-state index contributed by atoms with van der Waals surface area (Å²) in [4.78, 5) is 14.9. The first-order valence-electron chi connectivity index (χ1n) is 10.4. The molecule has 2 N–H and O–H groups in total. The number of carbonyl (C=O) groups is 1. The Morgan fingerprint density at radius 1 is 1.26 bits per heavy atom. The first kappa shape index (κ1) is 21.4. The van der Waals surface area contributed by atoms with Crippen LogP contribution in [0.3, 0.4) is 0 Å². The summed E-state index contributed by atoms with van der Waals surface area (Å²) in [5, 5.41) is 17.3. The van der Waals surface area contributed by atoms with Crippen LogP contribution < -0.4 is 10.2 Å². The smallest absolute Gasteiger partial charge is 0.255 e. The van der Waals surface area contributed by atoms with Crippen molar-refractivity contribution in [3.8, 4) is 0 Å². The first-order valence-corrected chi connectivity index (χ1v) is 10.7. The molecular formula is C24H25ClN3O3-. The third-order valence-electron chi connectivity index (χ3n) is 5.36. The Kier molecular flexibility index (Phi) is 6.92. The van der Waals surface area contributed by atoms with E-state index in [-0.39, 0.29) is 18.6 Å². The number of hydrogen-bond donors (Lipinski definition) is 2. The summed E-state index contributed by atoms with van der Waals surface area (Å²) in [5.74, 6) is -0.173. The van der Waals surface area contributed by atoms with E-state index >= 15 is 0 Å². The number of anilines is 2. The lowest BCUT2D eigenvalue weighted by Crippen LogP contribution is -2.27. The zero-order valence-electron chi connectivity index (χ0n) is 17.1. The van der Waals surface area contributed by atoms with Crippen LogP contribution in [0.25, 0.3) is 5.32 Å². The molecule has 0 spiro atoms. The van der Waals surface area contributed by atoms with E-state index in [1.54, 1.807) is 18.4 Å². The highest BCUT2D eigenvalue weighted by Crippen LogP contribution is 2.30. The van der Waals surface area contributed by atoms with E-state index in [0.717, 1.165) is 29.9 Å². The Morgan fingerprint density at radius 2 is 2.10 bits per heavy atom. The van der Waals surface area contributed by atoms with Crippen LogP contribution in [0.2, 0.25) is 0 Å². The van der Waals surface area contributed by atoms with Gasteiger partial charge in [0.15, 0.2) is 0 Å². The van der Waals surface area contributed by atoms with Gasteiger partial charge in [-0.25, -0.2) is 0 Å². The quantitative estimate of drug-likeness (QED) is 0.671. The molecule has 4 rings (SSSR count). The fraction of sp³-hybridized carbons (Fsp3) is 0.292. The molecule has 2 aliphatic rings. The zero-order chi connectivity index (χ0) is 21.6. The van der Waals surface area contributed by atoms with Crippen molar-refractivity contribution in [1.29, 1.82) is 0 Å². The minimum absolute atomic E-state index is 0.00503. The van der Waals surface area contributed by atoms with Crippen LogP contribution in [0.1, 0.15) is 22.3 Å². The molecule has 2 aromatic rings. The Balaban J connectivity index is 1.45. The maximum atomic E-state index is 12.7. The molecule has 31 heavy (non-hydrogen) atoms. The van der Waals surface area contributed by atoms with Crippen molar-refractivity contribution >= 4 is 28.9 Å². The number of allylic oxidation sites excluding steroid dienone is 2. The molecule has 0 aliphatic carbocycles. The van der Waals surface area contributed by atoms with Gasteiger partial charge in [-0.3, -0.25) is 4.79 Å². The number of benzene rings is 2. The molecule has 7 heteroatoms. The van der Waals surface area contributed by atoms with Crippen molar-refractivity contribution in [2.75, 3.05) is 29.9 Å². The summed E-state index contributed by atoms with van der Waals surface area (Å²) in [5.41, 5.74) is 3.26. The van der Waals surface area contributed by atoms with E-state index in [9.17, 15) is 9.90 Å². The van der Waals surface area contributed by atoms with Gasteiger partial charge in [-0.15, -0.1) is 0 Å². The van der Waals surface area contributed by atoms with Gasteiger partial charge in [0.05, 0.1) is 6.10 Å². The average Bonchev–Trinajstić information content (AvgIpc) is 3.24. The number of ether oxygens (including phenoxy) is 1. The van der Waals surface area contributed by atoms with Crippen LogP contribution in [-0.2, 0) is 11.2 Å². The fourth-order valence-electron chi connectivity index (χ4n) is 3.84. The van der Waals surface area contributed by atoms with Crippen molar-refractivity contribution in [1.82, 2.24) is 0 Å². The number of aliphatic hydroxyl groups is 1. The lowest BCUT2D eigenvalue weighted by molar-refractivity contribution is 0.0444. The highest BCUT2D eigenvalue weighted by atomic mass is 35.5. The number of rotatable bonds is 7. The second-order valence-corrected chi connectivity index (χ2v) is 7.96. The van der Waals surface area contributed by atoms with Gasteiger partial charge in [-0.2, -0.15) is 6.20 Å². The van der Waals surface area contributed by atoms with Crippen LogP contribution >= 0.6 is 11.6 Å². The molecule has 0 aromatic heterocycles. The van der Waals surface area contributed by atoms with Crippen LogP contribution in [0.4, 0.5) is 11.4 Å². The Bertz CT molecular complexity index is 977. The Morgan fingerprint density at radius 3 is 2.87 bits per heavy atom. The summed E-state index contributed by atoms with van der Waals surface area (Å²) in [7, 11) is 0. The lowest BCUT2D eigenvalue weighted by atomic mass is 10.0. The van der Waals surface area contributed by atoms with Crippen LogP contribution in [0, 0.1) is 0 Å². The molecule has 2 aliphatic heterocycles. The standard InChI is InChI=1S/C24H25ClN3O3/c25-21-7-4-12-26-24(21)31-20-10-13-28(16-20)22-9-8-18(15-17(22)11-14-29)23(30)27-19-5-2-1-3-6-19/h1-9,12,15,20,24,29H,10-11,13-14,16H2,(H,27,30)/q-1/t20-,24?/m0/s1. The SMILES string of the molecule is O=C(Nc1ccccc1)c1ccc(N2CC[C@H](OC3[N-]C=CC=C3Cl)C2)c(CCO)c1. The predicted octanol–water partition coefficient (Wildman–Crippen LogP) is 4.42. The van der Waals surface area contributed by atoms with E-state index in [1.165, 1.54) is 0 Å². The van der Waals surface area contributed by atoms with Gasteiger partial charge >= 0.3 is 0 Å². The van der Waals surface area contributed by atoms with E-state index < -0.39 is 6.23 Å². The van der Waals surface area contributed by atoms with Crippen molar-refractivity contribution in [3.63, 3.8) is 0 Å². The Hall–Kier alpha value is -2.80. The van der Waals surface area contributed by atoms with E-state index in [0.29, 0.717) is 23.6 Å². The van der Waals surface area contributed by atoms with Gasteiger partial charge in [0.2, 0.25) is 0 Å². The number of nitrogens with one attached hydrogen (secondary N) is 1. The minimum atomic E-state index is -0.447. The summed E-state index contributed by atoms with van der Waals surface area (Å²) in [6.45, 7) is 1.54. The maximum absolute atomic E-state index is 12.7. The molecule has 1 amide bonds.